The molecule has 0 amide bonds. The van der Waals surface area contributed by atoms with Gasteiger partial charge >= 0.3 is 5.97 Å². The third kappa shape index (κ3) is 2.08. The monoisotopic (exact) mass is 250 g/mol. The van der Waals surface area contributed by atoms with Crippen molar-refractivity contribution in [1.82, 2.24) is 0 Å². The Morgan fingerprint density at radius 2 is 2.00 bits per heavy atom. The Morgan fingerprint density at radius 1 is 1.35 bits per heavy atom. The van der Waals surface area contributed by atoms with E-state index in [-0.39, 0.29) is 0 Å². The average molecular weight is 250 g/mol. The van der Waals surface area contributed by atoms with E-state index in [0.29, 0.717) is 0 Å². The van der Waals surface area contributed by atoms with Crippen LogP contribution in [0.1, 0.15) is 36.8 Å². The van der Waals surface area contributed by atoms with Crippen molar-refractivity contribution in [2.45, 2.75) is 42.9 Å². The number of carboxylic acid groups (broad SMARTS) is 1. The van der Waals surface area contributed by atoms with Crippen molar-refractivity contribution >= 4 is 17.7 Å². The number of hydrogen-bond donors (Lipinski definition) is 1. The van der Waals surface area contributed by atoms with Gasteiger partial charge in [-0.2, -0.15) is 0 Å². The number of benzene rings is 1. The highest BCUT2D eigenvalue weighted by atomic mass is 32.2. The number of aliphatic carboxylic acids is 1. The Labute approximate surface area is 106 Å². The van der Waals surface area contributed by atoms with Crippen LogP contribution in [0.4, 0.5) is 0 Å². The molecule has 2 nitrogen and oxygen atoms in total. The third-order valence-corrected chi connectivity index (χ3v) is 4.54. The summed E-state index contributed by atoms with van der Waals surface area (Å²) in [4.78, 5) is 12.8. The van der Waals surface area contributed by atoms with E-state index in [2.05, 4.69) is 6.07 Å². The molecule has 1 saturated carbocycles. The minimum Gasteiger partial charge on any atom is -0.481 e. The lowest BCUT2D eigenvalue weighted by atomic mass is 9.77. The zero-order valence-corrected chi connectivity index (χ0v) is 11.1. The molecule has 1 aromatic rings. The summed E-state index contributed by atoms with van der Waals surface area (Å²) in [5.74, 6) is -0.657. The molecule has 0 heterocycles. The van der Waals surface area contributed by atoms with Crippen molar-refractivity contribution in [3.05, 3.63) is 29.3 Å². The fraction of sp³-hybridized carbons (Fsp3) is 0.500. The molecular weight excluding hydrogens is 232 g/mol. The van der Waals surface area contributed by atoms with Crippen LogP contribution in [0.5, 0.6) is 0 Å². The van der Waals surface area contributed by atoms with Crippen LogP contribution in [-0.4, -0.2) is 17.3 Å². The minimum atomic E-state index is -0.657. The molecule has 0 atom stereocenters. The molecule has 92 valence electrons. The SMILES string of the molecule is CSc1ccc(C2(C(=O)O)CCCC2)c(C)c1. The number of aryl methyl sites for hydroxylation is 1. The van der Waals surface area contributed by atoms with Crippen LogP contribution in [-0.2, 0) is 10.2 Å². The van der Waals surface area contributed by atoms with Crippen molar-refractivity contribution in [3.8, 4) is 0 Å². The molecule has 0 saturated heterocycles. The van der Waals surface area contributed by atoms with Gasteiger partial charge in [0.1, 0.15) is 0 Å². The molecule has 1 aliphatic rings. The van der Waals surface area contributed by atoms with Gasteiger partial charge in [-0.25, -0.2) is 0 Å². The fourth-order valence-corrected chi connectivity index (χ4v) is 3.38. The van der Waals surface area contributed by atoms with Crippen molar-refractivity contribution in [1.29, 1.82) is 0 Å². The van der Waals surface area contributed by atoms with Crippen LogP contribution >= 0.6 is 11.8 Å². The molecule has 1 aromatic carbocycles. The minimum absolute atomic E-state index is 0.624. The number of carbonyl (C=O) groups is 1. The van der Waals surface area contributed by atoms with Crippen molar-refractivity contribution in [2.24, 2.45) is 0 Å². The van der Waals surface area contributed by atoms with Crippen LogP contribution in [0, 0.1) is 6.92 Å². The molecule has 0 aliphatic heterocycles. The molecule has 0 radical (unpaired) electrons. The van der Waals surface area contributed by atoms with E-state index in [1.807, 2.05) is 25.3 Å². The lowest BCUT2D eigenvalue weighted by molar-refractivity contribution is -0.143. The molecular formula is C14H18O2S. The Bertz CT molecular complexity index is 434. The maximum atomic E-state index is 11.6. The van der Waals surface area contributed by atoms with E-state index >= 15 is 0 Å². The smallest absolute Gasteiger partial charge is 0.314 e. The first-order valence-corrected chi connectivity index (χ1v) is 7.21. The lowest BCUT2D eigenvalue weighted by Gasteiger charge is -2.26. The van der Waals surface area contributed by atoms with E-state index in [0.717, 1.165) is 36.8 Å². The molecule has 2 rings (SSSR count). The summed E-state index contributed by atoms with van der Waals surface area (Å²) < 4.78 is 0. The normalized spacial score (nSPS) is 18.2. The molecule has 0 unspecified atom stereocenters. The zero-order valence-electron chi connectivity index (χ0n) is 10.3. The van der Waals surface area contributed by atoms with Gasteiger partial charge in [-0.05, 0) is 49.3 Å². The first-order valence-electron chi connectivity index (χ1n) is 5.99. The van der Waals surface area contributed by atoms with E-state index in [4.69, 9.17) is 0 Å². The number of rotatable bonds is 3. The Hall–Kier alpha value is -0.960. The predicted molar refractivity (Wildman–Crippen MR) is 70.7 cm³/mol. The molecule has 1 fully saturated rings. The summed E-state index contributed by atoms with van der Waals surface area (Å²) in [7, 11) is 0. The second-order valence-electron chi connectivity index (χ2n) is 4.78. The molecule has 0 spiro atoms. The van der Waals surface area contributed by atoms with Gasteiger partial charge < -0.3 is 5.11 Å². The summed E-state index contributed by atoms with van der Waals surface area (Å²) in [6, 6.07) is 6.15. The first kappa shape index (κ1) is 12.5. The summed E-state index contributed by atoms with van der Waals surface area (Å²) >= 11 is 1.69. The van der Waals surface area contributed by atoms with Gasteiger partial charge in [0.25, 0.3) is 0 Å². The van der Waals surface area contributed by atoms with Crippen molar-refractivity contribution < 1.29 is 9.90 Å². The third-order valence-electron chi connectivity index (χ3n) is 3.82. The van der Waals surface area contributed by atoms with E-state index < -0.39 is 11.4 Å². The first-order chi connectivity index (χ1) is 8.10. The van der Waals surface area contributed by atoms with Crippen LogP contribution in [0.3, 0.4) is 0 Å². The van der Waals surface area contributed by atoms with Gasteiger partial charge in [0.15, 0.2) is 0 Å². The van der Waals surface area contributed by atoms with Gasteiger partial charge in [-0.3, -0.25) is 4.79 Å². The van der Waals surface area contributed by atoms with E-state index in [9.17, 15) is 9.90 Å². The van der Waals surface area contributed by atoms with Crippen LogP contribution in [0.25, 0.3) is 0 Å². The number of thioether (sulfide) groups is 1. The van der Waals surface area contributed by atoms with Crippen molar-refractivity contribution in [3.63, 3.8) is 0 Å². The largest absolute Gasteiger partial charge is 0.481 e. The Kier molecular flexibility index (Phi) is 3.48. The van der Waals surface area contributed by atoms with Gasteiger partial charge in [0.05, 0.1) is 5.41 Å². The second-order valence-corrected chi connectivity index (χ2v) is 5.65. The van der Waals surface area contributed by atoms with Gasteiger partial charge in [-0.15, -0.1) is 11.8 Å². The molecule has 0 aromatic heterocycles. The molecule has 1 N–H and O–H groups in total. The average Bonchev–Trinajstić information content (AvgIpc) is 2.79. The zero-order chi connectivity index (χ0) is 12.5. The quantitative estimate of drug-likeness (QED) is 0.833. The topological polar surface area (TPSA) is 37.3 Å². The number of hydrogen-bond acceptors (Lipinski definition) is 2. The van der Waals surface area contributed by atoms with Gasteiger partial charge in [0.2, 0.25) is 0 Å². The summed E-state index contributed by atoms with van der Waals surface area (Å²) in [5, 5.41) is 9.56. The predicted octanol–water partition coefficient (Wildman–Crippen LogP) is 3.61. The highest BCUT2D eigenvalue weighted by Gasteiger charge is 2.43. The molecule has 1 aliphatic carbocycles. The second kappa shape index (κ2) is 4.73. The Morgan fingerprint density at radius 3 is 2.47 bits per heavy atom. The highest BCUT2D eigenvalue weighted by molar-refractivity contribution is 7.98. The van der Waals surface area contributed by atoms with E-state index in [1.165, 1.54) is 4.90 Å². The maximum Gasteiger partial charge on any atom is 0.314 e. The van der Waals surface area contributed by atoms with Crippen LogP contribution < -0.4 is 0 Å². The van der Waals surface area contributed by atoms with Crippen LogP contribution in [0.15, 0.2) is 23.1 Å². The van der Waals surface area contributed by atoms with Gasteiger partial charge in [-0.1, -0.05) is 18.9 Å². The van der Waals surface area contributed by atoms with E-state index in [1.54, 1.807) is 11.8 Å². The van der Waals surface area contributed by atoms with Crippen LogP contribution in [0.2, 0.25) is 0 Å². The Balaban J connectivity index is 2.47. The standard InChI is InChI=1S/C14H18O2S/c1-10-9-11(17-2)5-6-12(10)14(13(15)16)7-3-4-8-14/h5-6,9H,3-4,7-8H2,1-2H3,(H,15,16). The fourth-order valence-electron chi connectivity index (χ4n) is 2.88. The summed E-state index contributed by atoms with van der Waals surface area (Å²) in [6.07, 6.45) is 5.65. The lowest BCUT2D eigenvalue weighted by Crippen LogP contribution is -2.33. The van der Waals surface area contributed by atoms with Gasteiger partial charge in [0, 0.05) is 4.90 Å². The highest BCUT2D eigenvalue weighted by Crippen LogP contribution is 2.43. The van der Waals surface area contributed by atoms with Crippen molar-refractivity contribution in [2.75, 3.05) is 6.26 Å². The summed E-state index contributed by atoms with van der Waals surface area (Å²) in [6.45, 7) is 2.03. The molecule has 17 heavy (non-hydrogen) atoms. The maximum absolute atomic E-state index is 11.6. The molecule has 0 bridgehead atoms. The molecule has 3 heteroatoms. The number of carboxylic acids is 1. The summed E-state index contributed by atoms with van der Waals surface area (Å²) in [5.41, 5.74) is 1.50.